The molecule has 15 heteroatoms. The number of halogens is 9. The van der Waals surface area contributed by atoms with E-state index in [0.717, 1.165) is 63.8 Å². The third-order valence-corrected chi connectivity index (χ3v) is 10.4. The van der Waals surface area contributed by atoms with Crippen LogP contribution in [0.15, 0.2) is 18.2 Å². The van der Waals surface area contributed by atoms with Crippen molar-refractivity contribution >= 4 is 0 Å². The van der Waals surface area contributed by atoms with Gasteiger partial charge in [-0.1, -0.05) is 13.0 Å². The highest BCUT2D eigenvalue weighted by molar-refractivity contribution is 5.40. The van der Waals surface area contributed by atoms with Gasteiger partial charge in [-0.05, 0) is 117 Å². The van der Waals surface area contributed by atoms with Gasteiger partial charge < -0.3 is 29.4 Å². The molecule has 5 unspecified atom stereocenters. The fourth-order valence-corrected chi connectivity index (χ4v) is 8.06. The van der Waals surface area contributed by atoms with Crippen LogP contribution < -0.4 is 10.1 Å². The summed E-state index contributed by atoms with van der Waals surface area (Å²) in [6, 6.07) is 6.21. The fraction of sp³-hybridized carbons (Fsp3) is 0.818. The molecular weight excluding hydrogens is 661 g/mol. The molecule has 48 heavy (non-hydrogen) atoms. The summed E-state index contributed by atoms with van der Waals surface area (Å²) in [7, 11) is 0. The molecule has 4 rings (SSSR count). The van der Waals surface area contributed by atoms with Gasteiger partial charge in [-0.2, -0.15) is 39.5 Å². The Bertz CT molecular complexity index is 1130. The summed E-state index contributed by atoms with van der Waals surface area (Å²) in [5.41, 5.74) is -3.96. The van der Waals surface area contributed by atoms with Gasteiger partial charge in [0.1, 0.15) is 12.4 Å². The van der Waals surface area contributed by atoms with Crippen molar-refractivity contribution in [2.75, 3.05) is 52.7 Å². The minimum atomic E-state index is -6.74. The Kier molecular flexibility index (Phi) is 13.0. The zero-order valence-corrected chi connectivity index (χ0v) is 27.0. The van der Waals surface area contributed by atoms with Crippen LogP contribution in [0.1, 0.15) is 75.3 Å². The second-order valence-electron chi connectivity index (χ2n) is 13.3. The van der Waals surface area contributed by atoms with Gasteiger partial charge in [-0.25, -0.2) is 0 Å². The van der Waals surface area contributed by atoms with Gasteiger partial charge in [0.05, 0.1) is 19.3 Å². The number of ether oxygens (including phenoxy) is 4. The van der Waals surface area contributed by atoms with E-state index in [9.17, 15) is 39.5 Å². The van der Waals surface area contributed by atoms with Crippen LogP contribution in [0.4, 0.5) is 39.5 Å². The Hall–Kier alpha value is -1.81. The molecule has 2 saturated carbocycles. The standard InChI is InChI=1S/C33H46F9NO5/c1-29-12-11-25-24-8-6-23(46-20-19-45-16-3-14-43-13-2-15-44)21-22(24)5-7-26(25)27(29)9-10-28(29)47-17-4-18-48-30(31(34,35)36,32(37,38)39)33(40,41)42/h6,8,21,25-28,43-44H,2-5,7,9-20H2,1H3. The highest BCUT2D eigenvalue weighted by Gasteiger charge is 2.85. The van der Waals surface area contributed by atoms with E-state index in [2.05, 4.69) is 29.1 Å². The van der Waals surface area contributed by atoms with E-state index in [1.165, 1.54) is 11.1 Å². The zero-order valence-electron chi connectivity index (χ0n) is 27.0. The van der Waals surface area contributed by atoms with Crippen molar-refractivity contribution in [1.29, 1.82) is 0 Å². The molecule has 2 fully saturated rings. The predicted molar refractivity (Wildman–Crippen MR) is 158 cm³/mol. The summed E-state index contributed by atoms with van der Waals surface area (Å²) >= 11 is 0. The lowest BCUT2D eigenvalue weighted by atomic mass is 9.55. The molecule has 0 aliphatic heterocycles. The van der Waals surface area contributed by atoms with Crippen LogP contribution >= 0.6 is 0 Å². The largest absolute Gasteiger partial charge is 0.491 e. The smallest absolute Gasteiger partial charge is 0.435 e. The van der Waals surface area contributed by atoms with Gasteiger partial charge in [-0.15, -0.1) is 0 Å². The Morgan fingerprint density at radius 1 is 0.812 bits per heavy atom. The van der Waals surface area contributed by atoms with Gasteiger partial charge in [0.2, 0.25) is 0 Å². The number of nitrogens with one attached hydrogen (secondary N) is 1. The van der Waals surface area contributed by atoms with Crippen LogP contribution in [-0.2, 0) is 20.6 Å². The number of aliphatic hydroxyl groups excluding tert-OH is 1. The summed E-state index contributed by atoms with van der Waals surface area (Å²) in [6.45, 7) is 3.68. The topological polar surface area (TPSA) is 69.2 Å². The Morgan fingerprint density at radius 3 is 2.21 bits per heavy atom. The van der Waals surface area contributed by atoms with E-state index in [1.807, 2.05) is 6.07 Å². The normalized spacial score (nSPS) is 26.2. The maximum Gasteiger partial charge on any atom is 0.435 e. The lowest BCUT2D eigenvalue weighted by Crippen LogP contribution is -2.67. The molecule has 5 atom stereocenters. The van der Waals surface area contributed by atoms with Gasteiger partial charge in [0, 0.05) is 19.8 Å². The Labute approximate surface area is 275 Å². The third kappa shape index (κ3) is 8.38. The van der Waals surface area contributed by atoms with Gasteiger partial charge in [0.15, 0.2) is 0 Å². The van der Waals surface area contributed by atoms with Gasteiger partial charge in [-0.3, -0.25) is 0 Å². The van der Waals surface area contributed by atoms with Crippen molar-refractivity contribution in [3.63, 3.8) is 0 Å². The van der Waals surface area contributed by atoms with E-state index < -0.39 is 37.2 Å². The van der Waals surface area contributed by atoms with Crippen LogP contribution in [-0.4, -0.2) is 88.1 Å². The first-order valence-electron chi connectivity index (χ1n) is 16.7. The van der Waals surface area contributed by atoms with Crippen molar-refractivity contribution < 1.29 is 63.6 Å². The second kappa shape index (κ2) is 16.0. The molecule has 2 N–H and O–H groups in total. The number of aliphatic hydroxyl groups is 1. The van der Waals surface area contributed by atoms with E-state index in [1.54, 1.807) is 0 Å². The first-order chi connectivity index (χ1) is 22.6. The molecule has 1 aromatic carbocycles. The predicted octanol–water partition coefficient (Wildman–Crippen LogP) is 7.52. The minimum absolute atomic E-state index is 0.174. The fourth-order valence-electron chi connectivity index (χ4n) is 8.06. The number of aryl methyl sites for hydroxylation is 1. The molecule has 0 bridgehead atoms. The molecule has 0 heterocycles. The summed E-state index contributed by atoms with van der Waals surface area (Å²) in [4.78, 5) is 0. The van der Waals surface area contributed by atoms with E-state index >= 15 is 0 Å². The first-order valence-corrected chi connectivity index (χ1v) is 16.7. The number of benzene rings is 1. The number of hydrogen-bond acceptors (Lipinski definition) is 6. The lowest BCUT2D eigenvalue weighted by molar-refractivity contribution is -0.457. The molecule has 3 aliphatic carbocycles. The second-order valence-corrected chi connectivity index (χ2v) is 13.3. The summed E-state index contributed by atoms with van der Waals surface area (Å²) in [6.07, 6.45) is -14.4. The van der Waals surface area contributed by atoms with Crippen molar-refractivity contribution in [3.05, 3.63) is 29.3 Å². The van der Waals surface area contributed by atoms with Gasteiger partial charge >= 0.3 is 24.1 Å². The lowest BCUT2D eigenvalue weighted by Gasteiger charge is -2.50. The first kappa shape index (κ1) is 39.0. The van der Waals surface area contributed by atoms with E-state index in [0.29, 0.717) is 44.0 Å². The van der Waals surface area contributed by atoms with E-state index in [4.69, 9.17) is 19.3 Å². The highest BCUT2D eigenvalue weighted by Crippen LogP contribution is 2.62. The van der Waals surface area contributed by atoms with Gasteiger partial charge in [0.25, 0.3) is 0 Å². The minimum Gasteiger partial charge on any atom is -0.491 e. The van der Waals surface area contributed by atoms with Crippen molar-refractivity contribution in [2.45, 2.75) is 101 Å². The van der Waals surface area contributed by atoms with Crippen molar-refractivity contribution in [3.8, 4) is 5.75 Å². The number of fused-ring (bicyclic) bond motifs is 5. The molecule has 0 radical (unpaired) electrons. The third-order valence-electron chi connectivity index (χ3n) is 10.4. The van der Waals surface area contributed by atoms with E-state index in [-0.39, 0.29) is 24.7 Å². The molecule has 0 aromatic heterocycles. The molecule has 3 aliphatic rings. The highest BCUT2D eigenvalue weighted by atomic mass is 19.4. The molecule has 6 nitrogen and oxygen atoms in total. The van der Waals surface area contributed by atoms with Crippen LogP contribution in [0.2, 0.25) is 0 Å². The Morgan fingerprint density at radius 2 is 1.52 bits per heavy atom. The van der Waals surface area contributed by atoms with Crippen LogP contribution in [0.25, 0.3) is 0 Å². The molecule has 276 valence electrons. The van der Waals surface area contributed by atoms with Crippen LogP contribution in [0.5, 0.6) is 5.75 Å². The number of hydrogen-bond donors (Lipinski definition) is 2. The monoisotopic (exact) mass is 707 g/mol. The maximum absolute atomic E-state index is 13.1. The average molecular weight is 708 g/mol. The van der Waals surface area contributed by atoms with Crippen LogP contribution in [0, 0.1) is 17.3 Å². The Balaban J connectivity index is 1.24. The molecule has 0 saturated heterocycles. The summed E-state index contributed by atoms with van der Waals surface area (Å²) in [5, 5.41) is 12.0. The summed E-state index contributed by atoms with van der Waals surface area (Å²) in [5.74, 6) is 1.83. The number of alkyl halides is 9. The molecule has 0 amide bonds. The zero-order chi connectivity index (χ0) is 35.2. The molecule has 0 spiro atoms. The quantitative estimate of drug-likeness (QED) is 0.129. The van der Waals surface area contributed by atoms with Crippen molar-refractivity contribution in [1.82, 2.24) is 5.32 Å². The SMILES string of the molecule is CC12CCC3c4ccc(OCCOCCCNCCCO)cc4CCC3C1CCC2OCCCOC(C(F)(F)F)(C(F)(F)F)C(F)(F)F. The molecule has 1 aromatic rings. The maximum atomic E-state index is 13.1. The molecular formula is C33H46F9NO5. The van der Waals surface area contributed by atoms with Crippen LogP contribution in [0.3, 0.4) is 0 Å². The number of rotatable bonds is 17. The summed E-state index contributed by atoms with van der Waals surface area (Å²) < 4.78 is 139. The van der Waals surface area contributed by atoms with Crippen molar-refractivity contribution in [2.24, 2.45) is 17.3 Å². The average Bonchev–Trinajstić information content (AvgIpc) is 3.33.